The number of hydrogen-bond acceptors (Lipinski definition) is 2. The minimum Gasteiger partial charge on any atom is -0.461 e. The molecule has 2 nitrogen and oxygen atoms in total. The summed E-state index contributed by atoms with van der Waals surface area (Å²) >= 11 is 2.27. The van der Waals surface area contributed by atoms with Crippen LogP contribution < -0.4 is 0 Å². The van der Waals surface area contributed by atoms with Crippen molar-refractivity contribution in [3.8, 4) is 0 Å². The van der Waals surface area contributed by atoms with Crippen LogP contribution >= 0.6 is 22.6 Å². The van der Waals surface area contributed by atoms with Crippen LogP contribution in [0.3, 0.4) is 0 Å². The summed E-state index contributed by atoms with van der Waals surface area (Å²) in [5.74, 6) is 0.540. The molecule has 0 bridgehead atoms. The van der Waals surface area contributed by atoms with Crippen LogP contribution in [0.2, 0.25) is 0 Å². The normalized spacial score (nSPS) is 37.4. The summed E-state index contributed by atoms with van der Waals surface area (Å²) in [6, 6.07) is 0. The van der Waals surface area contributed by atoms with Crippen LogP contribution in [0.5, 0.6) is 0 Å². The molecular weight excluding hydrogens is 255 g/mol. The van der Waals surface area contributed by atoms with Gasteiger partial charge in [0.2, 0.25) is 0 Å². The molecule has 0 aromatic carbocycles. The number of cyclic esters (lactones) is 1. The zero-order chi connectivity index (χ0) is 8.43. The molecule has 1 aliphatic heterocycles. The third kappa shape index (κ3) is 1.68. The van der Waals surface area contributed by atoms with E-state index in [1.807, 2.05) is 6.92 Å². The van der Waals surface area contributed by atoms with Gasteiger partial charge in [0.15, 0.2) is 0 Å². The summed E-state index contributed by atoms with van der Waals surface area (Å²) in [5, 5.41) is 0. The Morgan fingerprint density at radius 2 is 2.27 bits per heavy atom. The smallest absolute Gasteiger partial charge is 0.309 e. The summed E-state index contributed by atoms with van der Waals surface area (Å²) in [5.41, 5.74) is 0. The third-order valence-electron chi connectivity index (χ3n) is 2.38. The van der Waals surface area contributed by atoms with E-state index in [-0.39, 0.29) is 18.0 Å². The lowest BCUT2D eigenvalue weighted by atomic mass is 9.90. The van der Waals surface area contributed by atoms with Crippen molar-refractivity contribution in [1.82, 2.24) is 0 Å². The Morgan fingerprint density at radius 3 is 2.64 bits per heavy atom. The topological polar surface area (TPSA) is 26.3 Å². The van der Waals surface area contributed by atoms with Gasteiger partial charge in [0.25, 0.3) is 0 Å². The first-order valence-corrected chi connectivity index (χ1v) is 5.49. The number of rotatable bonds is 2. The number of halogens is 1. The van der Waals surface area contributed by atoms with Gasteiger partial charge in [-0.25, -0.2) is 0 Å². The van der Waals surface area contributed by atoms with Crippen LogP contribution in [0.4, 0.5) is 0 Å². The Hall–Kier alpha value is 0.200. The average molecular weight is 268 g/mol. The molecule has 0 aromatic rings. The number of esters is 1. The van der Waals surface area contributed by atoms with Crippen molar-refractivity contribution >= 4 is 28.6 Å². The van der Waals surface area contributed by atoms with Crippen LogP contribution in [0.25, 0.3) is 0 Å². The molecule has 0 unspecified atom stereocenters. The molecule has 1 aliphatic rings. The van der Waals surface area contributed by atoms with Crippen LogP contribution in [0.15, 0.2) is 0 Å². The maximum absolute atomic E-state index is 11.1. The molecule has 64 valence electrons. The van der Waals surface area contributed by atoms with Crippen LogP contribution in [-0.2, 0) is 9.53 Å². The molecule has 0 saturated carbocycles. The molecule has 0 N–H and O–H groups in total. The predicted molar refractivity (Wildman–Crippen MR) is 51.7 cm³/mol. The Kier molecular flexibility index (Phi) is 3.16. The first-order valence-electron chi connectivity index (χ1n) is 3.97. The lowest BCUT2D eigenvalue weighted by Crippen LogP contribution is -2.19. The van der Waals surface area contributed by atoms with Crippen molar-refractivity contribution in [3.05, 3.63) is 0 Å². The average Bonchev–Trinajstić information content (AvgIpc) is 2.28. The fraction of sp³-hybridized carbons (Fsp3) is 0.875. The highest BCUT2D eigenvalue weighted by atomic mass is 127. The summed E-state index contributed by atoms with van der Waals surface area (Å²) in [4.78, 5) is 11.1. The molecule has 1 fully saturated rings. The fourth-order valence-electron chi connectivity index (χ4n) is 1.60. The molecule has 0 amide bonds. The van der Waals surface area contributed by atoms with E-state index in [1.54, 1.807) is 0 Å². The molecular formula is C8H13IO2. The summed E-state index contributed by atoms with van der Waals surface area (Å²) in [7, 11) is 0. The van der Waals surface area contributed by atoms with Crippen molar-refractivity contribution in [2.75, 3.05) is 4.43 Å². The molecule has 3 atom stereocenters. The predicted octanol–water partition coefficient (Wildman–Crippen LogP) is 2.01. The minimum atomic E-state index is -0.0153. The van der Waals surface area contributed by atoms with Gasteiger partial charge in [0.1, 0.15) is 6.10 Å². The zero-order valence-electron chi connectivity index (χ0n) is 6.84. The standard InChI is InChI=1S/C8H13IO2/c1-3-6-5(2)8(10)11-7(6)4-9/h5-7H,3-4H2,1-2H3/t5-,6+,7+/m0/s1. The highest BCUT2D eigenvalue weighted by Gasteiger charge is 2.39. The van der Waals surface area contributed by atoms with E-state index in [2.05, 4.69) is 29.5 Å². The lowest BCUT2D eigenvalue weighted by molar-refractivity contribution is -0.143. The van der Waals surface area contributed by atoms with E-state index in [0.29, 0.717) is 5.92 Å². The minimum absolute atomic E-state index is 0.0153. The van der Waals surface area contributed by atoms with Crippen molar-refractivity contribution < 1.29 is 9.53 Å². The maximum Gasteiger partial charge on any atom is 0.309 e. The first kappa shape index (κ1) is 9.29. The zero-order valence-corrected chi connectivity index (χ0v) is 9.00. The van der Waals surface area contributed by atoms with Crippen LogP contribution in [-0.4, -0.2) is 16.5 Å². The SMILES string of the molecule is CC[C@@H]1[C@H](C)C(=O)O[C@@H]1CI. The number of carbonyl (C=O) groups excluding carboxylic acids is 1. The summed E-state index contributed by atoms with van der Waals surface area (Å²) in [6.07, 6.45) is 1.21. The Labute approximate surface area is 80.8 Å². The molecule has 3 heteroatoms. The van der Waals surface area contributed by atoms with Crippen molar-refractivity contribution in [3.63, 3.8) is 0 Å². The van der Waals surface area contributed by atoms with Gasteiger partial charge in [-0.05, 0) is 6.42 Å². The highest BCUT2D eigenvalue weighted by Crippen LogP contribution is 2.31. The van der Waals surface area contributed by atoms with Gasteiger partial charge in [0.05, 0.1) is 5.92 Å². The van der Waals surface area contributed by atoms with Gasteiger partial charge in [-0.3, -0.25) is 4.79 Å². The van der Waals surface area contributed by atoms with E-state index < -0.39 is 0 Å². The first-order chi connectivity index (χ1) is 5.20. The van der Waals surface area contributed by atoms with E-state index in [1.165, 1.54) is 0 Å². The van der Waals surface area contributed by atoms with Crippen molar-refractivity contribution in [2.24, 2.45) is 11.8 Å². The maximum atomic E-state index is 11.1. The third-order valence-corrected chi connectivity index (χ3v) is 3.25. The Morgan fingerprint density at radius 1 is 1.64 bits per heavy atom. The highest BCUT2D eigenvalue weighted by molar-refractivity contribution is 14.1. The molecule has 11 heavy (non-hydrogen) atoms. The van der Waals surface area contributed by atoms with E-state index in [4.69, 9.17) is 4.74 Å². The number of alkyl halides is 1. The van der Waals surface area contributed by atoms with Crippen LogP contribution in [0, 0.1) is 11.8 Å². The van der Waals surface area contributed by atoms with Crippen molar-refractivity contribution in [1.29, 1.82) is 0 Å². The Balaban J connectivity index is 2.64. The molecule has 0 aromatic heterocycles. The molecule has 1 rings (SSSR count). The second kappa shape index (κ2) is 3.74. The molecule has 1 heterocycles. The van der Waals surface area contributed by atoms with E-state index in [9.17, 15) is 4.79 Å². The monoisotopic (exact) mass is 268 g/mol. The number of hydrogen-bond donors (Lipinski definition) is 0. The molecule has 0 aliphatic carbocycles. The molecule has 0 radical (unpaired) electrons. The summed E-state index contributed by atoms with van der Waals surface area (Å²) < 4.78 is 6.10. The van der Waals surface area contributed by atoms with Gasteiger partial charge < -0.3 is 4.74 Å². The van der Waals surface area contributed by atoms with Gasteiger partial charge in [-0.2, -0.15) is 0 Å². The van der Waals surface area contributed by atoms with Crippen molar-refractivity contribution in [2.45, 2.75) is 26.4 Å². The number of ether oxygens (including phenoxy) is 1. The largest absolute Gasteiger partial charge is 0.461 e. The Bertz CT molecular complexity index is 158. The van der Waals surface area contributed by atoms with E-state index in [0.717, 1.165) is 10.8 Å². The second-order valence-electron chi connectivity index (χ2n) is 2.99. The van der Waals surface area contributed by atoms with Gasteiger partial charge in [-0.15, -0.1) is 0 Å². The summed E-state index contributed by atoms with van der Waals surface area (Å²) in [6.45, 7) is 4.07. The van der Waals surface area contributed by atoms with Crippen LogP contribution in [0.1, 0.15) is 20.3 Å². The van der Waals surface area contributed by atoms with Gasteiger partial charge in [-0.1, -0.05) is 36.4 Å². The number of carbonyl (C=O) groups is 1. The quantitative estimate of drug-likeness (QED) is 0.435. The van der Waals surface area contributed by atoms with Gasteiger partial charge in [0, 0.05) is 10.3 Å². The molecule has 1 saturated heterocycles. The molecule has 0 spiro atoms. The fourth-order valence-corrected chi connectivity index (χ4v) is 2.44. The van der Waals surface area contributed by atoms with Gasteiger partial charge >= 0.3 is 5.97 Å². The van der Waals surface area contributed by atoms with E-state index >= 15 is 0 Å². The second-order valence-corrected chi connectivity index (χ2v) is 3.87. The lowest BCUT2D eigenvalue weighted by Gasteiger charge is -2.14.